The molecule has 1 aromatic heterocycles. The molecule has 0 amide bonds. The molecule has 2 nitrogen and oxygen atoms in total. The fourth-order valence-corrected chi connectivity index (χ4v) is 3.38. The summed E-state index contributed by atoms with van der Waals surface area (Å²) in [5.41, 5.74) is 3.50. The molecule has 1 heterocycles. The molecule has 142 valence electrons. The third-order valence-electron chi connectivity index (χ3n) is 4.26. The van der Waals surface area contributed by atoms with E-state index in [1.165, 1.54) is 18.3 Å². The van der Waals surface area contributed by atoms with Crippen LogP contribution in [-0.2, 0) is 0 Å². The molecule has 3 rings (SSSR count). The van der Waals surface area contributed by atoms with Crippen LogP contribution in [0.4, 0.5) is 14.5 Å². The van der Waals surface area contributed by atoms with Crippen molar-refractivity contribution in [2.24, 2.45) is 0 Å². The molecule has 1 atom stereocenters. The van der Waals surface area contributed by atoms with Crippen LogP contribution >= 0.6 is 11.3 Å². The van der Waals surface area contributed by atoms with E-state index in [-0.39, 0.29) is 0 Å². The van der Waals surface area contributed by atoms with Crippen molar-refractivity contribution in [3.8, 4) is 11.8 Å². The predicted molar refractivity (Wildman–Crippen MR) is 113 cm³/mol. The fraction of sp³-hybridized carbons (Fsp3) is 0.174. The van der Waals surface area contributed by atoms with Crippen molar-refractivity contribution >= 4 is 22.7 Å². The highest BCUT2D eigenvalue weighted by Gasteiger charge is 2.33. The smallest absolute Gasteiger partial charge is 0.254 e. The highest BCUT2D eigenvalue weighted by atomic mass is 32.1. The van der Waals surface area contributed by atoms with Crippen LogP contribution < -0.4 is 5.32 Å². The van der Waals surface area contributed by atoms with Crippen LogP contribution in [0.15, 0.2) is 67.4 Å². The molecule has 0 aliphatic heterocycles. The first-order valence-corrected chi connectivity index (χ1v) is 9.61. The lowest BCUT2D eigenvalue weighted by atomic mass is 10.1. The minimum Gasteiger partial charge on any atom is -0.355 e. The molecule has 1 unspecified atom stereocenters. The summed E-state index contributed by atoms with van der Waals surface area (Å²) < 4.78 is 26.9. The second kappa shape index (κ2) is 8.37. The van der Waals surface area contributed by atoms with Gasteiger partial charge >= 0.3 is 0 Å². The first-order chi connectivity index (χ1) is 13.3. The largest absolute Gasteiger partial charge is 0.355 e. The van der Waals surface area contributed by atoms with Gasteiger partial charge in [-0.1, -0.05) is 55.8 Å². The molecule has 0 radical (unpaired) electrons. The molecule has 0 aliphatic carbocycles. The van der Waals surface area contributed by atoms with E-state index in [2.05, 4.69) is 28.7 Å². The molecule has 1 N–H and O–H groups in total. The molecular formula is C23H20F2N2S. The number of nitrogens with one attached hydrogen (secondary N) is 1. The Hall–Kier alpha value is -2.97. The van der Waals surface area contributed by atoms with Crippen LogP contribution in [0.1, 0.15) is 40.8 Å². The van der Waals surface area contributed by atoms with Gasteiger partial charge in [0.2, 0.25) is 0 Å². The van der Waals surface area contributed by atoms with Gasteiger partial charge in [-0.05, 0) is 29.7 Å². The van der Waals surface area contributed by atoms with E-state index in [0.717, 1.165) is 29.4 Å². The van der Waals surface area contributed by atoms with Gasteiger partial charge in [0.05, 0.1) is 17.0 Å². The molecule has 0 aliphatic rings. The second-order valence-corrected chi connectivity index (χ2v) is 7.60. The minimum atomic E-state index is -2.80. The van der Waals surface area contributed by atoms with Crippen molar-refractivity contribution in [3.05, 3.63) is 88.4 Å². The third kappa shape index (κ3) is 5.05. The van der Waals surface area contributed by atoms with Crippen molar-refractivity contribution in [3.63, 3.8) is 0 Å². The summed E-state index contributed by atoms with van der Waals surface area (Å²) in [6.07, 6.45) is 1.55. The van der Waals surface area contributed by atoms with E-state index in [0.29, 0.717) is 9.88 Å². The lowest BCUT2D eigenvalue weighted by Gasteiger charge is -2.16. The van der Waals surface area contributed by atoms with Crippen LogP contribution in [0.25, 0.3) is 5.70 Å². The Balaban J connectivity index is 1.72. The number of hydrogen-bond donors (Lipinski definition) is 1. The molecule has 0 bridgehead atoms. The van der Waals surface area contributed by atoms with Crippen LogP contribution in [0.5, 0.6) is 0 Å². The van der Waals surface area contributed by atoms with E-state index in [9.17, 15) is 8.78 Å². The van der Waals surface area contributed by atoms with Crippen molar-refractivity contribution in [2.45, 2.75) is 25.7 Å². The zero-order valence-corrected chi connectivity index (χ0v) is 16.5. The number of aromatic nitrogens is 1. The topological polar surface area (TPSA) is 24.9 Å². The van der Waals surface area contributed by atoms with Crippen molar-refractivity contribution in [2.75, 3.05) is 5.32 Å². The van der Waals surface area contributed by atoms with E-state index >= 15 is 0 Å². The maximum atomic E-state index is 13.4. The first kappa shape index (κ1) is 19.8. The Kier molecular flexibility index (Phi) is 5.91. The minimum absolute atomic E-state index is 0.395. The number of thiazole rings is 1. The number of rotatable bonds is 5. The molecular weight excluding hydrogens is 374 g/mol. The lowest BCUT2D eigenvalue weighted by Crippen LogP contribution is -2.19. The van der Waals surface area contributed by atoms with Crippen molar-refractivity contribution in [1.29, 1.82) is 0 Å². The van der Waals surface area contributed by atoms with E-state index in [4.69, 9.17) is 0 Å². The van der Waals surface area contributed by atoms with Gasteiger partial charge in [0.25, 0.3) is 5.92 Å². The number of alkyl halides is 2. The summed E-state index contributed by atoms with van der Waals surface area (Å²) in [6.45, 7) is 6.45. The SMILES string of the molecule is C=C(Nc1cccc(C#Cc2cnc(C(C)C(C)(F)F)s2)c1)c1ccccc1. The van der Waals surface area contributed by atoms with E-state index in [1.807, 2.05) is 54.6 Å². The predicted octanol–water partition coefficient (Wildman–Crippen LogP) is 6.38. The number of nitrogens with zero attached hydrogens (tertiary/aromatic N) is 1. The second-order valence-electron chi connectivity index (χ2n) is 6.54. The fourth-order valence-electron chi connectivity index (χ4n) is 2.46. The van der Waals surface area contributed by atoms with Gasteiger partial charge in [0, 0.05) is 23.9 Å². The molecule has 0 saturated heterocycles. The molecule has 2 aromatic carbocycles. The van der Waals surface area contributed by atoms with E-state index < -0.39 is 11.8 Å². The van der Waals surface area contributed by atoms with Gasteiger partial charge in [0.1, 0.15) is 5.01 Å². The number of hydrogen-bond acceptors (Lipinski definition) is 3. The first-order valence-electron chi connectivity index (χ1n) is 8.80. The van der Waals surface area contributed by atoms with Crippen molar-refractivity contribution in [1.82, 2.24) is 4.98 Å². The normalized spacial score (nSPS) is 12.0. The Morgan fingerprint density at radius 1 is 1.14 bits per heavy atom. The van der Waals surface area contributed by atoms with Crippen molar-refractivity contribution < 1.29 is 8.78 Å². The van der Waals surface area contributed by atoms with Gasteiger partial charge < -0.3 is 5.32 Å². The molecule has 0 saturated carbocycles. The summed E-state index contributed by atoms with van der Waals surface area (Å²) in [5, 5.41) is 3.67. The summed E-state index contributed by atoms with van der Waals surface area (Å²) in [4.78, 5) is 4.76. The average molecular weight is 394 g/mol. The highest BCUT2D eigenvalue weighted by molar-refractivity contribution is 7.12. The van der Waals surface area contributed by atoms with Crippen LogP contribution in [-0.4, -0.2) is 10.9 Å². The van der Waals surface area contributed by atoms with Crippen LogP contribution in [0.2, 0.25) is 0 Å². The summed E-state index contributed by atoms with van der Waals surface area (Å²) in [6, 6.07) is 17.5. The summed E-state index contributed by atoms with van der Waals surface area (Å²) in [5.74, 6) is 2.35. The maximum absolute atomic E-state index is 13.4. The Morgan fingerprint density at radius 3 is 2.61 bits per heavy atom. The van der Waals surface area contributed by atoms with Gasteiger partial charge in [-0.15, -0.1) is 11.3 Å². The van der Waals surface area contributed by atoms with Crippen LogP contribution in [0.3, 0.4) is 0 Å². The quantitative estimate of drug-likeness (QED) is 0.508. The summed E-state index contributed by atoms with van der Waals surface area (Å²) >= 11 is 1.20. The Labute approximate surface area is 168 Å². The summed E-state index contributed by atoms with van der Waals surface area (Å²) in [7, 11) is 0. The molecule has 3 aromatic rings. The van der Waals surface area contributed by atoms with E-state index in [1.54, 1.807) is 6.20 Å². The Morgan fingerprint density at radius 2 is 1.89 bits per heavy atom. The zero-order valence-electron chi connectivity index (χ0n) is 15.7. The number of benzene rings is 2. The number of halogens is 2. The van der Waals surface area contributed by atoms with Gasteiger partial charge in [-0.2, -0.15) is 0 Å². The monoisotopic (exact) mass is 394 g/mol. The zero-order chi connectivity index (χ0) is 20.1. The molecule has 0 spiro atoms. The van der Waals surface area contributed by atoms with Gasteiger partial charge in [0.15, 0.2) is 0 Å². The van der Waals surface area contributed by atoms with Gasteiger partial charge in [-0.3, -0.25) is 0 Å². The average Bonchev–Trinajstić information content (AvgIpc) is 3.15. The molecule has 5 heteroatoms. The lowest BCUT2D eigenvalue weighted by molar-refractivity contribution is -0.00227. The number of anilines is 1. The maximum Gasteiger partial charge on any atom is 0.254 e. The van der Waals surface area contributed by atoms with Gasteiger partial charge in [-0.25, -0.2) is 13.8 Å². The highest BCUT2D eigenvalue weighted by Crippen LogP contribution is 2.34. The standard InChI is InChI=1S/C23H20F2N2S/c1-16(23(3,24)25)22-26-15-21(28-22)13-12-18-8-7-11-20(14-18)27-17(2)19-9-5-4-6-10-19/h4-11,14-16,27H,2H2,1,3H3. The Bertz CT molecular complexity index is 1020. The third-order valence-corrected chi connectivity index (χ3v) is 5.36. The van der Waals surface area contributed by atoms with Crippen LogP contribution in [0, 0.1) is 11.8 Å². The molecule has 28 heavy (non-hydrogen) atoms. The molecule has 0 fully saturated rings.